The highest BCUT2D eigenvalue weighted by atomic mass is 35.5. The van der Waals surface area contributed by atoms with Gasteiger partial charge in [0.05, 0.1) is 5.38 Å². The number of alkyl halides is 1. The largest absolute Gasteiger partial charge is 0.207 e. The summed E-state index contributed by atoms with van der Waals surface area (Å²) >= 11 is 6.15. The van der Waals surface area contributed by atoms with Crippen molar-refractivity contribution in [2.24, 2.45) is 0 Å². The van der Waals surface area contributed by atoms with Crippen LogP contribution in [0.4, 0.5) is 13.2 Å². The number of hydrogen-bond donors (Lipinski definition) is 0. The van der Waals surface area contributed by atoms with Crippen LogP contribution in [0.1, 0.15) is 22.1 Å². The molecule has 0 aliphatic rings. The first kappa shape index (κ1) is 13.9. The Bertz CT molecular complexity index is 579. The molecule has 0 heterocycles. The van der Waals surface area contributed by atoms with Crippen molar-refractivity contribution < 1.29 is 13.2 Å². The van der Waals surface area contributed by atoms with Gasteiger partial charge >= 0.3 is 0 Å². The van der Waals surface area contributed by atoms with Crippen molar-refractivity contribution in [2.45, 2.75) is 18.7 Å². The monoisotopic (exact) mass is 284 g/mol. The van der Waals surface area contributed by atoms with Crippen LogP contribution in [0.25, 0.3) is 0 Å². The molecule has 1 unspecified atom stereocenters. The van der Waals surface area contributed by atoms with Gasteiger partial charge in [0.1, 0.15) is 17.5 Å². The van der Waals surface area contributed by atoms with Gasteiger partial charge in [-0.05, 0) is 42.7 Å². The number of rotatable bonds is 3. The minimum absolute atomic E-state index is 0.255. The average Bonchev–Trinajstić information content (AvgIpc) is 2.36. The van der Waals surface area contributed by atoms with Crippen molar-refractivity contribution in [3.8, 4) is 0 Å². The lowest BCUT2D eigenvalue weighted by atomic mass is 10.0. The van der Waals surface area contributed by atoms with E-state index in [1.807, 2.05) is 0 Å². The predicted molar refractivity (Wildman–Crippen MR) is 69.8 cm³/mol. The maximum absolute atomic E-state index is 13.7. The molecule has 0 radical (unpaired) electrons. The van der Waals surface area contributed by atoms with E-state index in [2.05, 4.69) is 0 Å². The van der Waals surface area contributed by atoms with Gasteiger partial charge < -0.3 is 0 Å². The first-order chi connectivity index (χ1) is 8.97. The summed E-state index contributed by atoms with van der Waals surface area (Å²) < 4.78 is 39.6. The lowest BCUT2D eigenvalue weighted by molar-refractivity contribution is 0.564. The second-order valence-corrected chi connectivity index (χ2v) is 4.95. The molecule has 0 saturated carbocycles. The van der Waals surface area contributed by atoms with Gasteiger partial charge in [-0.3, -0.25) is 0 Å². The highest BCUT2D eigenvalue weighted by Crippen LogP contribution is 2.29. The van der Waals surface area contributed by atoms with Crippen LogP contribution in [0.15, 0.2) is 36.4 Å². The Morgan fingerprint density at radius 3 is 2.26 bits per heavy atom. The Hall–Kier alpha value is -1.48. The zero-order valence-corrected chi connectivity index (χ0v) is 11.0. The molecular weight excluding hydrogens is 273 g/mol. The van der Waals surface area contributed by atoms with Crippen molar-refractivity contribution in [2.75, 3.05) is 0 Å². The molecule has 0 N–H and O–H groups in total. The summed E-state index contributed by atoms with van der Waals surface area (Å²) in [4.78, 5) is 0. The summed E-state index contributed by atoms with van der Waals surface area (Å²) in [6.45, 7) is 1.56. The van der Waals surface area contributed by atoms with Gasteiger partial charge in [-0.25, -0.2) is 13.2 Å². The molecule has 1 atom stereocenters. The van der Waals surface area contributed by atoms with Crippen LogP contribution in [0.3, 0.4) is 0 Å². The van der Waals surface area contributed by atoms with Crippen LogP contribution < -0.4 is 0 Å². The summed E-state index contributed by atoms with van der Waals surface area (Å²) in [7, 11) is 0. The number of aryl methyl sites for hydroxylation is 1. The Morgan fingerprint density at radius 2 is 1.63 bits per heavy atom. The molecular formula is C15H12ClF3. The predicted octanol–water partition coefficient (Wildman–Crippen LogP) is 4.93. The smallest absolute Gasteiger partial charge is 0.130 e. The van der Waals surface area contributed by atoms with Gasteiger partial charge in [-0.1, -0.05) is 12.1 Å². The quantitative estimate of drug-likeness (QED) is 0.701. The van der Waals surface area contributed by atoms with Crippen molar-refractivity contribution in [3.05, 3.63) is 70.5 Å². The maximum atomic E-state index is 13.7. The van der Waals surface area contributed by atoms with Gasteiger partial charge in [0.2, 0.25) is 0 Å². The first-order valence-electron chi connectivity index (χ1n) is 5.81. The fourth-order valence-corrected chi connectivity index (χ4v) is 2.20. The van der Waals surface area contributed by atoms with Crippen LogP contribution in [0.5, 0.6) is 0 Å². The summed E-state index contributed by atoms with van der Waals surface area (Å²) in [5, 5.41) is -0.621. The van der Waals surface area contributed by atoms with Gasteiger partial charge in [0, 0.05) is 11.6 Å². The maximum Gasteiger partial charge on any atom is 0.130 e. The summed E-state index contributed by atoms with van der Waals surface area (Å²) in [6.07, 6.45) is 0.351. The molecule has 0 aromatic heterocycles. The Morgan fingerprint density at radius 1 is 1.00 bits per heavy atom. The summed E-state index contributed by atoms with van der Waals surface area (Å²) in [5.41, 5.74) is 1.40. The van der Waals surface area contributed by atoms with Crippen molar-refractivity contribution in [1.82, 2.24) is 0 Å². The third kappa shape index (κ3) is 3.29. The average molecular weight is 285 g/mol. The molecule has 2 aromatic carbocycles. The molecule has 0 bridgehead atoms. The second kappa shape index (κ2) is 5.66. The van der Waals surface area contributed by atoms with Crippen LogP contribution >= 0.6 is 11.6 Å². The fourth-order valence-electron chi connectivity index (χ4n) is 1.86. The molecule has 0 saturated heterocycles. The molecule has 2 aromatic rings. The molecule has 0 nitrogen and oxygen atoms in total. The van der Waals surface area contributed by atoms with Crippen LogP contribution in [0, 0.1) is 24.4 Å². The van der Waals surface area contributed by atoms with E-state index in [9.17, 15) is 13.2 Å². The Kier molecular flexibility index (Phi) is 4.15. The highest BCUT2D eigenvalue weighted by molar-refractivity contribution is 6.20. The lowest BCUT2D eigenvalue weighted by Crippen LogP contribution is -2.01. The minimum atomic E-state index is -0.662. The van der Waals surface area contributed by atoms with E-state index in [-0.39, 0.29) is 11.4 Å². The molecule has 2 rings (SSSR count). The zero-order valence-electron chi connectivity index (χ0n) is 10.3. The number of hydrogen-bond acceptors (Lipinski definition) is 0. The van der Waals surface area contributed by atoms with E-state index in [0.29, 0.717) is 12.0 Å². The molecule has 0 spiro atoms. The normalized spacial score (nSPS) is 12.5. The van der Waals surface area contributed by atoms with Gasteiger partial charge in [-0.15, -0.1) is 11.6 Å². The number of halogens is 4. The van der Waals surface area contributed by atoms with E-state index in [1.54, 1.807) is 19.1 Å². The van der Waals surface area contributed by atoms with Crippen LogP contribution in [0.2, 0.25) is 0 Å². The van der Waals surface area contributed by atoms with Crippen molar-refractivity contribution >= 4 is 11.6 Å². The standard InChI is InChI=1S/C15H12ClF3/c1-9-6-12(15(19)8-14(9)18)13(16)7-10-2-4-11(17)5-3-10/h2-6,8,13H,7H2,1H3. The van der Waals surface area contributed by atoms with Gasteiger partial charge in [-0.2, -0.15) is 0 Å². The second-order valence-electron chi connectivity index (χ2n) is 4.42. The third-order valence-corrected chi connectivity index (χ3v) is 3.33. The third-order valence-electron chi connectivity index (χ3n) is 2.94. The topological polar surface area (TPSA) is 0 Å². The molecule has 100 valence electrons. The zero-order chi connectivity index (χ0) is 14.0. The van der Waals surface area contributed by atoms with E-state index < -0.39 is 17.0 Å². The molecule has 19 heavy (non-hydrogen) atoms. The van der Waals surface area contributed by atoms with E-state index in [4.69, 9.17) is 11.6 Å². The molecule has 0 fully saturated rings. The van der Waals surface area contributed by atoms with Crippen molar-refractivity contribution in [3.63, 3.8) is 0 Å². The van der Waals surface area contributed by atoms with Crippen LogP contribution in [-0.4, -0.2) is 0 Å². The minimum Gasteiger partial charge on any atom is -0.207 e. The molecule has 0 amide bonds. The van der Waals surface area contributed by atoms with Crippen LogP contribution in [-0.2, 0) is 6.42 Å². The fraction of sp³-hybridized carbons (Fsp3) is 0.200. The first-order valence-corrected chi connectivity index (χ1v) is 6.25. The van der Waals surface area contributed by atoms with Gasteiger partial charge in [0.25, 0.3) is 0 Å². The van der Waals surface area contributed by atoms with Crippen molar-refractivity contribution in [1.29, 1.82) is 0 Å². The Balaban J connectivity index is 2.22. The Labute approximate surface area is 114 Å². The van der Waals surface area contributed by atoms with Gasteiger partial charge in [0.15, 0.2) is 0 Å². The molecule has 0 aliphatic carbocycles. The summed E-state index contributed by atoms with van der Waals surface area (Å²) in [6, 6.07) is 8.09. The van der Waals surface area contributed by atoms with E-state index in [1.165, 1.54) is 18.2 Å². The highest BCUT2D eigenvalue weighted by Gasteiger charge is 2.16. The van der Waals surface area contributed by atoms with E-state index in [0.717, 1.165) is 11.6 Å². The van der Waals surface area contributed by atoms with E-state index >= 15 is 0 Å². The number of benzene rings is 2. The summed E-state index contributed by atoms with van der Waals surface area (Å²) in [5.74, 6) is -1.59. The lowest BCUT2D eigenvalue weighted by Gasteiger charge is -2.12. The molecule has 4 heteroatoms. The molecule has 0 aliphatic heterocycles. The SMILES string of the molecule is Cc1cc(C(Cl)Cc2ccc(F)cc2)c(F)cc1F.